The predicted molar refractivity (Wildman–Crippen MR) is 136 cm³/mol. The van der Waals surface area contributed by atoms with Crippen molar-refractivity contribution >= 4 is 34.1 Å². The Morgan fingerprint density at radius 2 is 1.61 bits per heavy atom. The minimum Gasteiger partial charge on any atom is -0.344 e. The Morgan fingerprint density at radius 1 is 0.909 bits per heavy atom. The third kappa shape index (κ3) is 3.26. The number of fused-ring (bicyclic) bond motifs is 3. The molecule has 33 heavy (non-hydrogen) atoms. The summed E-state index contributed by atoms with van der Waals surface area (Å²) in [6, 6.07) is 16.9. The number of allylic oxidation sites excluding steroid dienone is 3. The molecular weight excluding hydrogens is 406 g/mol. The second kappa shape index (κ2) is 8.14. The fourth-order valence-corrected chi connectivity index (χ4v) is 5.22. The topological polar surface area (TPSA) is 37.8 Å². The van der Waals surface area contributed by atoms with Gasteiger partial charge < -0.3 is 4.90 Å². The van der Waals surface area contributed by atoms with E-state index in [-0.39, 0.29) is 5.41 Å². The van der Waals surface area contributed by atoms with E-state index >= 15 is 0 Å². The molecule has 2 aromatic heterocycles. The van der Waals surface area contributed by atoms with Crippen molar-refractivity contribution in [3.05, 3.63) is 77.8 Å². The normalized spacial score (nSPS) is 16.5. The number of benzene rings is 2. The number of para-hydroxylation sites is 3. The smallest absolute Gasteiger partial charge is 0.323 e. The van der Waals surface area contributed by atoms with Gasteiger partial charge in [0.2, 0.25) is 5.82 Å². The van der Waals surface area contributed by atoms with Crippen LogP contribution in [-0.4, -0.2) is 21.1 Å². The van der Waals surface area contributed by atoms with E-state index in [0.717, 1.165) is 47.8 Å². The van der Waals surface area contributed by atoms with Crippen LogP contribution in [0.5, 0.6) is 0 Å². The third-order valence-corrected chi connectivity index (χ3v) is 6.85. The van der Waals surface area contributed by atoms with Gasteiger partial charge in [-0.3, -0.25) is 0 Å². The van der Waals surface area contributed by atoms with Crippen molar-refractivity contribution in [1.82, 2.24) is 14.5 Å². The van der Waals surface area contributed by atoms with Crippen LogP contribution in [0.4, 0.5) is 5.69 Å². The summed E-state index contributed by atoms with van der Waals surface area (Å²) in [5, 5.41) is 0. The van der Waals surface area contributed by atoms with Crippen molar-refractivity contribution in [2.45, 2.75) is 53.1 Å². The van der Waals surface area contributed by atoms with Crippen molar-refractivity contribution in [2.24, 2.45) is 0 Å². The Hall–Kier alpha value is -3.47. The molecule has 0 N–H and O–H groups in total. The Balaban J connectivity index is 1.63. The highest BCUT2D eigenvalue weighted by atomic mass is 15.2. The summed E-state index contributed by atoms with van der Waals surface area (Å²) in [6.07, 6.45) is 6.68. The summed E-state index contributed by atoms with van der Waals surface area (Å²) in [5.41, 5.74) is 7.74. The van der Waals surface area contributed by atoms with Crippen LogP contribution in [0.3, 0.4) is 0 Å². The molecule has 3 heterocycles. The third-order valence-electron chi connectivity index (χ3n) is 6.85. The van der Waals surface area contributed by atoms with Crippen molar-refractivity contribution in [2.75, 3.05) is 11.4 Å². The number of rotatable bonds is 5. The first-order valence-electron chi connectivity index (χ1n) is 12.0. The average Bonchev–Trinajstić information content (AvgIpc) is 3.24. The fraction of sp³-hybridized carbons (Fsp3) is 0.321. The van der Waals surface area contributed by atoms with E-state index in [0.29, 0.717) is 0 Å². The fourth-order valence-electron chi connectivity index (χ4n) is 5.22. The molecule has 1 aliphatic heterocycles. The lowest BCUT2D eigenvalue weighted by Crippen LogP contribution is -2.35. The van der Waals surface area contributed by atoms with E-state index < -0.39 is 0 Å². The van der Waals surface area contributed by atoms with Crippen LogP contribution in [0.2, 0.25) is 0 Å². The van der Waals surface area contributed by atoms with Gasteiger partial charge in [0.25, 0.3) is 5.65 Å². The number of nitrogens with zero attached hydrogens (tertiary/aromatic N) is 5. The number of likely N-dealkylation sites (N-methyl/N-ethyl adjacent to an activating group) is 1. The van der Waals surface area contributed by atoms with Crippen LogP contribution in [-0.2, 0) is 18.5 Å². The van der Waals surface area contributed by atoms with E-state index in [1.807, 2.05) is 24.3 Å². The minimum absolute atomic E-state index is 0.0318. The molecule has 0 amide bonds. The summed E-state index contributed by atoms with van der Waals surface area (Å²) in [4.78, 5) is 12.4. The summed E-state index contributed by atoms with van der Waals surface area (Å²) < 4.78 is 4.53. The molecule has 0 unspecified atom stereocenters. The molecule has 0 bridgehead atoms. The van der Waals surface area contributed by atoms with Gasteiger partial charge in [-0.2, -0.15) is 0 Å². The molecule has 168 valence electrons. The second-order valence-corrected chi connectivity index (χ2v) is 9.00. The molecule has 1 aliphatic rings. The lowest BCUT2D eigenvalue weighted by atomic mass is 9.84. The van der Waals surface area contributed by atoms with Crippen molar-refractivity contribution in [1.29, 1.82) is 0 Å². The van der Waals surface area contributed by atoms with Crippen LogP contribution in [0, 0.1) is 0 Å². The molecule has 0 spiro atoms. The van der Waals surface area contributed by atoms with Gasteiger partial charge in [0.05, 0.1) is 13.1 Å². The van der Waals surface area contributed by atoms with Gasteiger partial charge in [0.15, 0.2) is 5.52 Å². The molecule has 5 rings (SSSR count). The predicted octanol–water partition coefficient (Wildman–Crippen LogP) is 5.63. The van der Waals surface area contributed by atoms with Gasteiger partial charge in [0.1, 0.15) is 5.52 Å². The number of aromatic nitrogens is 4. The quantitative estimate of drug-likeness (QED) is 0.379. The van der Waals surface area contributed by atoms with E-state index in [9.17, 15) is 0 Å². The SMILES string of the molecule is CCN1/C(=C/C=C/c2n(CC)c3nc4ccccc4nc3[n+]2CC)C(C)(C)c2ccccc21. The van der Waals surface area contributed by atoms with Crippen molar-refractivity contribution in [3.63, 3.8) is 0 Å². The molecule has 0 aliphatic carbocycles. The van der Waals surface area contributed by atoms with E-state index in [1.165, 1.54) is 16.9 Å². The molecular formula is C28H32N5+. The summed E-state index contributed by atoms with van der Waals surface area (Å²) in [7, 11) is 0. The molecule has 0 radical (unpaired) electrons. The molecule has 0 fully saturated rings. The first kappa shape index (κ1) is 21.4. The molecule has 5 heteroatoms. The standard InChI is InChI=1S/C28H32N5/c1-6-31-23-17-12-9-14-20(23)28(4,5)24(31)18-13-19-25-32(7-2)26-27(33(25)8-3)30-22-16-11-10-15-21(22)29-26/h9-19H,6-8H2,1-5H3/q+1. The van der Waals surface area contributed by atoms with Crippen LogP contribution in [0.25, 0.3) is 28.4 Å². The van der Waals surface area contributed by atoms with Crippen LogP contribution < -0.4 is 9.47 Å². The minimum atomic E-state index is -0.0318. The highest BCUT2D eigenvalue weighted by molar-refractivity contribution is 5.82. The number of aryl methyl sites for hydroxylation is 2. The zero-order valence-electron chi connectivity index (χ0n) is 20.2. The number of imidazole rings is 1. The van der Waals surface area contributed by atoms with Crippen LogP contribution in [0.1, 0.15) is 46.0 Å². The molecule has 0 atom stereocenters. The number of anilines is 1. The maximum Gasteiger partial charge on any atom is 0.323 e. The molecule has 0 saturated heterocycles. The van der Waals surface area contributed by atoms with Crippen molar-refractivity contribution < 1.29 is 4.57 Å². The monoisotopic (exact) mass is 438 g/mol. The Morgan fingerprint density at radius 3 is 2.30 bits per heavy atom. The summed E-state index contributed by atoms with van der Waals surface area (Å²) in [5.74, 6) is 1.12. The lowest BCUT2D eigenvalue weighted by Gasteiger charge is -2.25. The van der Waals surface area contributed by atoms with E-state index in [1.54, 1.807) is 0 Å². The van der Waals surface area contributed by atoms with Gasteiger partial charge in [0, 0.05) is 29.4 Å². The van der Waals surface area contributed by atoms with Gasteiger partial charge >= 0.3 is 5.65 Å². The lowest BCUT2D eigenvalue weighted by molar-refractivity contribution is -0.672. The summed E-state index contributed by atoms with van der Waals surface area (Å²) >= 11 is 0. The highest BCUT2D eigenvalue weighted by Gasteiger charge is 2.38. The van der Waals surface area contributed by atoms with E-state index in [2.05, 4.69) is 91.1 Å². The first-order valence-corrected chi connectivity index (χ1v) is 12.0. The van der Waals surface area contributed by atoms with Gasteiger partial charge in [-0.05, 0) is 50.6 Å². The molecule has 5 nitrogen and oxygen atoms in total. The molecule has 0 saturated carbocycles. The molecule has 4 aromatic rings. The number of hydrogen-bond acceptors (Lipinski definition) is 3. The highest BCUT2D eigenvalue weighted by Crippen LogP contribution is 2.47. The average molecular weight is 439 g/mol. The van der Waals surface area contributed by atoms with Crippen LogP contribution in [0.15, 0.2) is 66.4 Å². The maximum atomic E-state index is 4.96. The summed E-state index contributed by atoms with van der Waals surface area (Å²) in [6.45, 7) is 13.8. The number of hydrogen-bond donors (Lipinski definition) is 0. The Kier molecular flexibility index (Phi) is 5.28. The van der Waals surface area contributed by atoms with Gasteiger partial charge in [-0.25, -0.2) is 14.1 Å². The zero-order valence-corrected chi connectivity index (χ0v) is 20.2. The maximum absolute atomic E-state index is 4.96. The largest absolute Gasteiger partial charge is 0.344 e. The Bertz CT molecular complexity index is 1350. The molecule has 2 aromatic carbocycles. The van der Waals surface area contributed by atoms with Crippen molar-refractivity contribution in [3.8, 4) is 0 Å². The van der Waals surface area contributed by atoms with E-state index in [4.69, 9.17) is 9.97 Å². The van der Waals surface area contributed by atoms with Gasteiger partial charge in [-0.1, -0.05) is 55.2 Å². The first-order chi connectivity index (χ1) is 16.0. The Labute approximate surface area is 195 Å². The van der Waals surface area contributed by atoms with Crippen LogP contribution >= 0.6 is 0 Å². The van der Waals surface area contributed by atoms with Gasteiger partial charge in [-0.15, -0.1) is 0 Å². The zero-order chi connectivity index (χ0) is 23.2. The second-order valence-electron chi connectivity index (χ2n) is 9.00.